The summed E-state index contributed by atoms with van der Waals surface area (Å²) in [5, 5.41) is 7.82. The van der Waals surface area contributed by atoms with Crippen LogP contribution in [0.4, 0.5) is 0 Å². The third kappa shape index (κ3) is 6.75. The van der Waals surface area contributed by atoms with Crippen LogP contribution in [0.25, 0.3) is 0 Å². The van der Waals surface area contributed by atoms with Crippen LogP contribution in [0.1, 0.15) is 29.3 Å². The largest absolute Gasteiger partial charge is 0.497 e. The van der Waals surface area contributed by atoms with E-state index in [1.54, 1.807) is 25.6 Å². The van der Waals surface area contributed by atoms with Crippen molar-refractivity contribution >= 4 is 17.3 Å². The van der Waals surface area contributed by atoms with Crippen molar-refractivity contribution in [3.63, 3.8) is 0 Å². The van der Waals surface area contributed by atoms with E-state index in [0.29, 0.717) is 6.54 Å². The molecule has 7 heteroatoms. The molecule has 0 fully saturated rings. The van der Waals surface area contributed by atoms with Gasteiger partial charge in [-0.05, 0) is 43.5 Å². The Morgan fingerprint density at radius 1 is 1.15 bits per heavy atom. The predicted octanol–water partition coefficient (Wildman–Crippen LogP) is 3.06. The Morgan fingerprint density at radius 2 is 2.00 bits per heavy atom. The minimum Gasteiger partial charge on any atom is -0.497 e. The zero-order valence-corrected chi connectivity index (χ0v) is 17.5. The average molecular weight is 391 g/mol. The number of methoxy groups -OCH3 is 2. The fourth-order valence-electron chi connectivity index (χ4n) is 2.63. The molecule has 6 nitrogen and oxygen atoms in total. The summed E-state index contributed by atoms with van der Waals surface area (Å²) in [7, 11) is 3.36. The van der Waals surface area contributed by atoms with Gasteiger partial charge in [0.1, 0.15) is 11.5 Å². The summed E-state index contributed by atoms with van der Waals surface area (Å²) in [5.74, 6) is 2.53. The first-order valence-corrected chi connectivity index (χ1v) is 10.2. The van der Waals surface area contributed by atoms with Gasteiger partial charge in [-0.15, -0.1) is 11.3 Å². The molecule has 0 saturated carbocycles. The Hall–Kier alpha value is -2.28. The van der Waals surface area contributed by atoms with Crippen molar-refractivity contribution in [2.45, 2.75) is 33.1 Å². The second-order valence-corrected chi connectivity index (χ2v) is 7.14. The molecule has 0 unspecified atom stereocenters. The average Bonchev–Trinajstić information content (AvgIpc) is 3.16. The minimum absolute atomic E-state index is 0.717. The van der Waals surface area contributed by atoms with Crippen LogP contribution in [-0.4, -0.2) is 44.8 Å². The van der Waals surface area contributed by atoms with E-state index in [2.05, 4.69) is 34.5 Å². The van der Waals surface area contributed by atoms with Crippen molar-refractivity contribution in [2.75, 3.05) is 33.9 Å². The van der Waals surface area contributed by atoms with E-state index in [9.17, 15) is 0 Å². The molecule has 1 aromatic heterocycles. The molecular weight excluding hydrogens is 360 g/mol. The Bertz CT molecular complexity index is 731. The van der Waals surface area contributed by atoms with Gasteiger partial charge in [0.05, 0.1) is 19.2 Å². The molecule has 0 aliphatic rings. The number of benzene rings is 1. The lowest BCUT2D eigenvalue weighted by Crippen LogP contribution is -2.38. The quantitative estimate of drug-likeness (QED) is 0.482. The summed E-state index contributed by atoms with van der Waals surface area (Å²) in [6.45, 7) is 6.52. The van der Waals surface area contributed by atoms with E-state index in [-0.39, 0.29) is 0 Å². The van der Waals surface area contributed by atoms with E-state index in [4.69, 9.17) is 9.47 Å². The lowest BCUT2D eigenvalue weighted by atomic mass is 10.1. The summed E-state index contributed by atoms with van der Waals surface area (Å²) in [6.07, 6.45) is 4.69. The van der Waals surface area contributed by atoms with Crippen molar-refractivity contribution in [1.29, 1.82) is 0 Å². The predicted molar refractivity (Wildman–Crippen MR) is 112 cm³/mol. The summed E-state index contributed by atoms with van der Waals surface area (Å²) in [6, 6.07) is 5.86. The highest BCUT2D eigenvalue weighted by Crippen LogP contribution is 2.24. The van der Waals surface area contributed by atoms with Crippen LogP contribution >= 0.6 is 11.3 Å². The SMILES string of the molecule is CCNC(=NCCc1ncc(CC)s1)NCCc1cc(OC)ccc1OC. The standard InChI is InChI=1S/C20H30N4O2S/c1-5-17-14-24-19(27-17)10-12-23-20(21-6-2)22-11-9-15-13-16(25-3)7-8-18(15)26-4/h7-8,13-14H,5-6,9-12H2,1-4H3,(H2,21,22,23). The molecular formula is C20H30N4O2S. The lowest BCUT2D eigenvalue weighted by Gasteiger charge is -2.13. The van der Waals surface area contributed by atoms with Crippen LogP contribution in [0.2, 0.25) is 0 Å². The van der Waals surface area contributed by atoms with E-state index in [1.165, 1.54) is 4.88 Å². The minimum atomic E-state index is 0.717. The second-order valence-electron chi connectivity index (χ2n) is 5.94. The maximum absolute atomic E-state index is 5.44. The van der Waals surface area contributed by atoms with Gasteiger partial charge in [0.25, 0.3) is 0 Å². The highest BCUT2D eigenvalue weighted by atomic mass is 32.1. The first kappa shape index (κ1) is 21.0. The van der Waals surface area contributed by atoms with Gasteiger partial charge in [0.15, 0.2) is 5.96 Å². The number of nitrogens with zero attached hydrogens (tertiary/aromatic N) is 2. The number of aryl methyl sites for hydroxylation is 1. The molecule has 1 aromatic carbocycles. The number of ether oxygens (including phenoxy) is 2. The Morgan fingerprint density at radius 3 is 2.67 bits per heavy atom. The molecule has 0 radical (unpaired) electrons. The van der Waals surface area contributed by atoms with Crippen LogP contribution in [0, 0.1) is 0 Å². The molecule has 2 aromatic rings. The molecule has 148 valence electrons. The first-order valence-electron chi connectivity index (χ1n) is 9.36. The van der Waals surface area contributed by atoms with Crippen LogP contribution in [-0.2, 0) is 19.3 Å². The highest BCUT2D eigenvalue weighted by Gasteiger charge is 2.06. The Labute approximate surface area is 166 Å². The van der Waals surface area contributed by atoms with Gasteiger partial charge in [-0.2, -0.15) is 0 Å². The van der Waals surface area contributed by atoms with Crippen molar-refractivity contribution in [3.05, 3.63) is 39.8 Å². The van der Waals surface area contributed by atoms with Crippen LogP contribution in [0.3, 0.4) is 0 Å². The monoisotopic (exact) mass is 390 g/mol. The van der Waals surface area contributed by atoms with Crippen molar-refractivity contribution < 1.29 is 9.47 Å². The van der Waals surface area contributed by atoms with Gasteiger partial charge in [0, 0.05) is 37.1 Å². The number of thiazole rings is 1. The van der Waals surface area contributed by atoms with E-state index >= 15 is 0 Å². The van der Waals surface area contributed by atoms with Gasteiger partial charge in [-0.25, -0.2) is 4.98 Å². The Balaban J connectivity index is 1.88. The molecule has 0 amide bonds. The number of guanidine groups is 1. The molecule has 0 spiro atoms. The zero-order valence-electron chi connectivity index (χ0n) is 16.7. The molecule has 1 heterocycles. The number of aliphatic imine (C=N–C) groups is 1. The topological polar surface area (TPSA) is 67.8 Å². The third-order valence-electron chi connectivity index (χ3n) is 4.06. The van der Waals surface area contributed by atoms with E-state index < -0.39 is 0 Å². The summed E-state index contributed by atoms with van der Waals surface area (Å²) in [4.78, 5) is 10.4. The second kappa shape index (κ2) is 11.4. The van der Waals surface area contributed by atoms with Gasteiger partial charge < -0.3 is 20.1 Å². The third-order valence-corrected chi connectivity index (χ3v) is 5.27. The van der Waals surface area contributed by atoms with Gasteiger partial charge in [0.2, 0.25) is 0 Å². The molecule has 0 saturated heterocycles. The summed E-state index contributed by atoms with van der Waals surface area (Å²) < 4.78 is 10.7. The zero-order chi connectivity index (χ0) is 19.5. The van der Waals surface area contributed by atoms with Crippen LogP contribution in [0.5, 0.6) is 11.5 Å². The molecule has 0 aliphatic carbocycles. The number of aromatic nitrogens is 1. The van der Waals surface area contributed by atoms with Gasteiger partial charge in [-0.3, -0.25) is 4.99 Å². The van der Waals surface area contributed by atoms with Gasteiger partial charge >= 0.3 is 0 Å². The molecule has 2 N–H and O–H groups in total. The summed E-state index contributed by atoms with van der Waals surface area (Å²) >= 11 is 1.77. The molecule has 0 aliphatic heterocycles. The van der Waals surface area contributed by atoms with Crippen LogP contribution < -0.4 is 20.1 Å². The van der Waals surface area contributed by atoms with Crippen LogP contribution in [0.15, 0.2) is 29.4 Å². The highest BCUT2D eigenvalue weighted by molar-refractivity contribution is 7.11. The van der Waals surface area contributed by atoms with E-state index in [1.807, 2.05) is 24.4 Å². The number of hydrogen-bond donors (Lipinski definition) is 2. The van der Waals surface area contributed by atoms with Crippen molar-refractivity contribution in [2.24, 2.45) is 4.99 Å². The van der Waals surface area contributed by atoms with Crippen molar-refractivity contribution in [3.8, 4) is 11.5 Å². The number of nitrogens with one attached hydrogen (secondary N) is 2. The molecule has 2 rings (SSSR count). The normalized spacial score (nSPS) is 11.3. The number of rotatable bonds is 10. The maximum Gasteiger partial charge on any atom is 0.191 e. The molecule has 0 bridgehead atoms. The summed E-state index contributed by atoms with van der Waals surface area (Å²) in [5.41, 5.74) is 1.11. The smallest absolute Gasteiger partial charge is 0.191 e. The molecule has 27 heavy (non-hydrogen) atoms. The molecule has 0 atom stereocenters. The fraction of sp³-hybridized carbons (Fsp3) is 0.500. The fourth-order valence-corrected chi connectivity index (χ4v) is 3.48. The van der Waals surface area contributed by atoms with E-state index in [0.717, 1.165) is 60.4 Å². The lowest BCUT2D eigenvalue weighted by molar-refractivity contribution is 0.398. The van der Waals surface area contributed by atoms with Gasteiger partial charge in [-0.1, -0.05) is 6.92 Å². The number of hydrogen-bond acceptors (Lipinski definition) is 5. The first-order chi connectivity index (χ1) is 13.2. The Kier molecular flexibility index (Phi) is 8.91. The van der Waals surface area contributed by atoms with Crippen molar-refractivity contribution in [1.82, 2.24) is 15.6 Å². The maximum atomic E-state index is 5.44.